The fraction of sp³-hybridized carbons (Fsp3) is 0.450. The van der Waals surface area contributed by atoms with E-state index in [1.165, 1.54) is 0 Å². The molecule has 2 amide bonds. The van der Waals surface area contributed by atoms with Crippen molar-refractivity contribution in [3.63, 3.8) is 0 Å². The van der Waals surface area contributed by atoms with Gasteiger partial charge in [-0.2, -0.15) is 0 Å². The molecule has 0 aliphatic carbocycles. The molecule has 1 aromatic carbocycles. The molecule has 4 rings (SSSR count). The number of urea groups is 1. The summed E-state index contributed by atoms with van der Waals surface area (Å²) in [5.41, 5.74) is 0.733. The SMILES string of the molecule is CC[C@@H]1CN2C=NC(N3CCN(C(=O)Nc4cccc(OC)c4)CC3)=CC2=N1. The number of aliphatic imine (C=N–C) groups is 2. The second kappa shape index (κ2) is 7.92. The van der Waals surface area contributed by atoms with Crippen LogP contribution in [0.5, 0.6) is 5.75 Å². The molecule has 0 bridgehead atoms. The molecule has 1 atom stereocenters. The van der Waals surface area contributed by atoms with Gasteiger partial charge < -0.3 is 24.8 Å². The lowest BCUT2D eigenvalue weighted by Crippen LogP contribution is -2.49. The first-order valence-corrected chi connectivity index (χ1v) is 9.71. The second-order valence-electron chi connectivity index (χ2n) is 7.09. The molecule has 0 spiro atoms. The van der Waals surface area contributed by atoms with Gasteiger partial charge in [0.25, 0.3) is 0 Å². The van der Waals surface area contributed by atoms with Gasteiger partial charge in [-0.1, -0.05) is 13.0 Å². The van der Waals surface area contributed by atoms with Gasteiger partial charge in [0.2, 0.25) is 0 Å². The Hall–Kier alpha value is -3.03. The highest BCUT2D eigenvalue weighted by Gasteiger charge is 2.27. The van der Waals surface area contributed by atoms with Gasteiger partial charge in [0.1, 0.15) is 17.4 Å². The molecule has 0 aromatic heterocycles. The van der Waals surface area contributed by atoms with Crippen LogP contribution in [0, 0.1) is 0 Å². The van der Waals surface area contributed by atoms with E-state index in [0.717, 1.165) is 49.1 Å². The Labute approximate surface area is 165 Å². The summed E-state index contributed by atoms with van der Waals surface area (Å²) in [4.78, 5) is 28.0. The van der Waals surface area contributed by atoms with Crippen LogP contribution in [0.1, 0.15) is 13.3 Å². The minimum atomic E-state index is -0.0915. The average Bonchev–Trinajstić information content (AvgIpc) is 3.16. The highest BCUT2D eigenvalue weighted by molar-refractivity contribution is 6.03. The fourth-order valence-electron chi connectivity index (χ4n) is 3.57. The molecule has 1 N–H and O–H groups in total. The number of piperazine rings is 1. The molecule has 148 valence electrons. The lowest BCUT2D eigenvalue weighted by molar-refractivity contribution is 0.167. The molecular weight excluding hydrogens is 356 g/mol. The van der Waals surface area contributed by atoms with Gasteiger partial charge in [0, 0.05) is 50.6 Å². The number of carbonyl (C=O) groups is 1. The maximum Gasteiger partial charge on any atom is 0.321 e. The van der Waals surface area contributed by atoms with Crippen molar-refractivity contribution in [3.8, 4) is 5.75 Å². The average molecular weight is 382 g/mol. The van der Waals surface area contributed by atoms with Crippen LogP contribution in [0.3, 0.4) is 0 Å². The summed E-state index contributed by atoms with van der Waals surface area (Å²) in [6.07, 6.45) is 4.98. The quantitative estimate of drug-likeness (QED) is 0.867. The van der Waals surface area contributed by atoms with Crippen molar-refractivity contribution in [2.24, 2.45) is 9.98 Å². The number of hydrogen-bond donors (Lipinski definition) is 1. The summed E-state index contributed by atoms with van der Waals surface area (Å²) in [6.45, 7) is 5.87. The minimum absolute atomic E-state index is 0.0915. The van der Waals surface area contributed by atoms with E-state index in [0.29, 0.717) is 19.1 Å². The Morgan fingerprint density at radius 1 is 1.29 bits per heavy atom. The summed E-state index contributed by atoms with van der Waals surface area (Å²) in [7, 11) is 1.61. The third kappa shape index (κ3) is 3.81. The zero-order valence-electron chi connectivity index (χ0n) is 16.3. The first kappa shape index (κ1) is 18.3. The van der Waals surface area contributed by atoms with Gasteiger partial charge in [0.05, 0.1) is 19.5 Å². The number of nitrogens with zero attached hydrogens (tertiary/aromatic N) is 5. The number of nitrogens with one attached hydrogen (secondary N) is 1. The van der Waals surface area contributed by atoms with Crippen molar-refractivity contribution in [2.75, 3.05) is 45.2 Å². The smallest absolute Gasteiger partial charge is 0.321 e. The van der Waals surface area contributed by atoms with E-state index >= 15 is 0 Å². The Bertz CT molecular complexity index is 826. The van der Waals surface area contributed by atoms with Crippen LogP contribution in [0.4, 0.5) is 10.5 Å². The second-order valence-corrected chi connectivity index (χ2v) is 7.09. The maximum absolute atomic E-state index is 12.6. The Kier molecular flexibility index (Phi) is 5.18. The van der Waals surface area contributed by atoms with E-state index in [1.807, 2.05) is 35.5 Å². The van der Waals surface area contributed by atoms with Gasteiger partial charge in [0.15, 0.2) is 0 Å². The number of methoxy groups -OCH3 is 1. The van der Waals surface area contributed by atoms with Crippen LogP contribution in [-0.2, 0) is 0 Å². The highest BCUT2D eigenvalue weighted by atomic mass is 16.5. The summed E-state index contributed by atoms with van der Waals surface area (Å²) < 4.78 is 5.20. The Morgan fingerprint density at radius 3 is 2.86 bits per heavy atom. The number of anilines is 1. The Morgan fingerprint density at radius 2 is 2.11 bits per heavy atom. The number of hydrogen-bond acceptors (Lipinski definition) is 6. The summed E-state index contributed by atoms with van der Waals surface area (Å²) >= 11 is 0. The molecule has 3 heterocycles. The molecule has 8 heteroatoms. The van der Waals surface area contributed by atoms with E-state index in [-0.39, 0.29) is 6.03 Å². The molecule has 1 saturated heterocycles. The predicted octanol–water partition coefficient (Wildman–Crippen LogP) is 2.22. The topological polar surface area (TPSA) is 72.8 Å². The van der Waals surface area contributed by atoms with Crippen molar-refractivity contribution < 1.29 is 9.53 Å². The number of amidine groups is 1. The molecule has 3 aliphatic heterocycles. The number of fused-ring (bicyclic) bond motifs is 1. The zero-order valence-corrected chi connectivity index (χ0v) is 16.3. The molecule has 8 nitrogen and oxygen atoms in total. The van der Waals surface area contributed by atoms with Crippen molar-refractivity contribution in [3.05, 3.63) is 36.2 Å². The number of benzene rings is 1. The van der Waals surface area contributed by atoms with Crippen LogP contribution in [0.15, 0.2) is 46.1 Å². The third-order valence-corrected chi connectivity index (χ3v) is 5.29. The van der Waals surface area contributed by atoms with Crippen LogP contribution in [0.25, 0.3) is 0 Å². The number of ether oxygens (including phenoxy) is 1. The monoisotopic (exact) mass is 382 g/mol. The predicted molar refractivity (Wildman–Crippen MR) is 110 cm³/mol. The number of amides is 2. The van der Waals surface area contributed by atoms with E-state index in [4.69, 9.17) is 9.73 Å². The standard InChI is InChI=1S/C20H26N6O2/c1-3-15-13-26-14-21-18(12-19(26)22-15)24-7-9-25(10-8-24)20(27)23-16-5-4-6-17(11-16)28-2/h4-6,11-12,14-15H,3,7-10,13H2,1-2H3,(H,23,27)/t15-/m1/s1. The van der Waals surface area contributed by atoms with Gasteiger partial charge >= 0.3 is 6.03 Å². The normalized spacial score (nSPS) is 21.2. The van der Waals surface area contributed by atoms with Crippen molar-refractivity contribution in [1.29, 1.82) is 0 Å². The van der Waals surface area contributed by atoms with E-state index < -0.39 is 0 Å². The van der Waals surface area contributed by atoms with Crippen molar-refractivity contribution >= 4 is 23.9 Å². The molecule has 28 heavy (non-hydrogen) atoms. The van der Waals surface area contributed by atoms with E-state index in [2.05, 4.69) is 33.1 Å². The summed E-state index contributed by atoms with van der Waals surface area (Å²) in [6, 6.07) is 7.65. The fourth-order valence-corrected chi connectivity index (χ4v) is 3.57. The van der Waals surface area contributed by atoms with Gasteiger partial charge in [-0.15, -0.1) is 0 Å². The first-order valence-electron chi connectivity index (χ1n) is 9.71. The van der Waals surface area contributed by atoms with Crippen molar-refractivity contribution in [1.82, 2.24) is 14.7 Å². The highest BCUT2D eigenvalue weighted by Crippen LogP contribution is 2.21. The molecule has 1 aromatic rings. The van der Waals surface area contributed by atoms with E-state index in [1.54, 1.807) is 7.11 Å². The van der Waals surface area contributed by atoms with Gasteiger partial charge in [-0.3, -0.25) is 4.99 Å². The zero-order chi connectivity index (χ0) is 19.5. The largest absolute Gasteiger partial charge is 0.497 e. The molecule has 0 saturated carbocycles. The van der Waals surface area contributed by atoms with Gasteiger partial charge in [-0.05, 0) is 18.6 Å². The molecular formula is C20H26N6O2. The molecule has 0 radical (unpaired) electrons. The van der Waals surface area contributed by atoms with Crippen LogP contribution in [0.2, 0.25) is 0 Å². The minimum Gasteiger partial charge on any atom is -0.497 e. The summed E-state index contributed by atoms with van der Waals surface area (Å²) in [5.74, 6) is 2.65. The molecule has 1 fully saturated rings. The summed E-state index contributed by atoms with van der Waals surface area (Å²) in [5, 5.41) is 2.94. The number of rotatable bonds is 4. The van der Waals surface area contributed by atoms with Crippen LogP contribution >= 0.6 is 0 Å². The Balaban J connectivity index is 1.33. The lowest BCUT2D eigenvalue weighted by Gasteiger charge is -2.36. The lowest BCUT2D eigenvalue weighted by atomic mass is 10.2. The maximum atomic E-state index is 12.6. The molecule has 0 unspecified atom stereocenters. The third-order valence-electron chi connectivity index (χ3n) is 5.29. The first-order chi connectivity index (χ1) is 13.7. The number of carbonyl (C=O) groups excluding carboxylic acids is 1. The van der Waals surface area contributed by atoms with Crippen molar-refractivity contribution in [2.45, 2.75) is 19.4 Å². The van der Waals surface area contributed by atoms with Crippen LogP contribution < -0.4 is 10.1 Å². The molecule has 3 aliphatic rings. The van der Waals surface area contributed by atoms with Crippen LogP contribution in [-0.4, -0.2) is 78.8 Å². The van der Waals surface area contributed by atoms with E-state index in [9.17, 15) is 4.79 Å². The van der Waals surface area contributed by atoms with Gasteiger partial charge in [-0.25, -0.2) is 9.79 Å².